The Morgan fingerprint density at radius 1 is 0.833 bits per heavy atom. The van der Waals surface area contributed by atoms with Crippen LogP contribution in [0.3, 0.4) is 0 Å². The molecule has 0 bridgehead atoms. The van der Waals surface area contributed by atoms with Crippen LogP contribution in [0.4, 0.5) is 0 Å². The summed E-state index contributed by atoms with van der Waals surface area (Å²) in [5.74, 6) is -2.13. The molecule has 0 fully saturated rings. The molecular weight excluding hydrogens is 536 g/mol. The molecule has 0 spiro atoms. The predicted octanol–water partition coefficient (Wildman–Crippen LogP) is 3.37. The number of carbonyl (C=O) groups is 3. The van der Waals surface area contributed by atoms with Crippen LogP contribution < -0.4 is 10.6 Å². The third-order valence-electron chi connectivity index (χ3n) is 6.37. The van der Waals surface area contributed by atoms with Crippen LogP contribution in [0.2, 0.25) is 0 Å². The Balaban J connectivity index is 2.01. The van der Waals surface area contributed by atoms with Crippen LogP contribution in [-0.2, 0) is 41.6 Å². The number of benzene rings is 2. The summed E-state index contributed by atoms with van der Waals surface area (Å²) in [6.07, 6.45) is 4.49. The Kier molecular flexibility index (Phi) is 17.2. The third-order valence-corrected chi connectivity index (χ3v) is 6.37. The van der Waals surface area contributed by atoms with Gasteiger partial charge < -0.3 is 30.0 Å². The molecule has 0 heterocycles. The molecule has 9 heteroatoms. The number of nitrogens with one attached hydrogen (secondary N) is 2. The van der Waals surface area contributed by atoms with Crippen molar-refractivity contribution in [2.75, 3.05) is 39.6 Å². The van der Waals surface area contributed by atoms with E-state index in [1.165, 1.54) is 0 Å². The van der Waals surface area contributed by atoms with Crippen molar-refractivity contribution in [1.29, 1.82) is 0 Å². The van der Waals surface area contributed by atoms with Crippen LogP contribution in [0, 0.1) is 11.8 Å². The van der Waals surface area contributed by atoms with Crippen molar-refractivity contribution in [2.24, 2.45) is 11.8 Å². The highest BCUT2D eigenvalue weighted by Crippen LogP contribution is 2.16. The smallest absolute Gasteiger partial charge is 0.309 e. The van der Waals surface area contributed by atoms with Crippen LogP contribution in [0.1, 0.15) is 30.4 Å². The Morgan fingerprint density at radius 2 is 1.48 bits per heavy atom. The van der Waals surface area contributed by atoms with Gasteiger partial charge in [0.2, 0.25) is 11.8 Å². The molecule has 2 aromatic rings. The van der Waals surface area contributed by atoms with Crippen LogP contribution >= 0.6 is 0 Å². The van der Waals surface area contributed by atoms with Gasteiger partial charge in [-0.05, 0) is 30.4 Å². The molecule has 2 rings (SSSR count). The molecule has 0 saturated heterocycles. The summed E-state index contributed by atoms with van der Waals surface area (Å²) in [5.41, 5.74) is 1.99. The van der Waals surface area contributed by atoms with Gasteiger partial charge in [-0.1, -0.05) is 72.8 Å². The quantitative estimate of drug-likeness (QED) is 0.111. The molecule has 0 aliphatic heterocycles. The lowest BCUT2D eigenvalue weighted by Gasteiger charge is -2.23. The Hall–Kier alpha value is -3.79. The molecule has 3 N–H and O–H groups in total. The van der Waals surface area contributed by atoms with E-state index in [9.17, 15) is 14.4 Å². The second kappa shape index (κ2) is 21.0. The van der Waals surface area contributed by atoms with Gasteiger partial charge in [0.15, 0.2) is 0 Å². The fourth-order valence-corrected chi connectivity index (χ4v) is 4.22. The lowest BCUT2D eigenvalue weighted by atomic mass is 9.96. The minimum atomic E-state index is -0.667. The molecule has 2 amide bonds. The molecule has 0 aromatic heterocycles. The number of aliphatic hydroxyl groups excluding tert-OH is 1. The molecule has 0 saturated carbocycles. The summed E-state index contributed by atoms with van der Waals surface area (Å²) >= 11 is 0. The average Bonchev–Trinajstić information content (AvgIpc) is 3.00. The van der Waals surface area contributed by atoms with Gasteiger partial charge in [-0.25, -0.2) is 0 Å². The Labute approximate surface area is 248 Å². The van der Waals surface area contributed by atoms with Crippen molar-refractivity contribution in [3.63, 3.8) is 0 Å². The predicted molar refractivity (Wildman–Crippen MR) is 161 cm³/mol. The van der Waals surface area contributed by atoms with Crippen molar-refractivity contribution in [3.8, 4) is 0 Å². The summed E-state index contributed by atoms with van der Waals surface area (Å²) < 4.78 is 16.7. The first-order valence-corrected chi connectivity index (χ1v) is 14.3. The van der Waals surface area contributed by atoms with Gasteiger partial charge >= 0.3 is 5.97 Å². The largest absolute Gasteiger partial charge is 0.463 e. The van der Waals surface area contributed by atoms with E-state index in [-0.39, 0.29) is 70.2 Å². The Morgan fingerprint density at radius 3 is 2.12 bits per heavy atom. The number of ether oxygens (including phenoxy) is 3. The van der Waals surface area contributed by atoms with Gasteiger partial charge in [0.25, 0.3) is 0 Å². The fraction of sp³-hybridized carbons (Fsp3) is 0.424. The third kappa shape index (κ3) is 14.2. The molecule has 0 aliphatic carbocycles. The summed E-state index contributed by atoms with van der Waals surface area (Å²) in [5, 5.41) is 14.4. The van der Waals surface area contributed by atoms with Gasteiger partial charge in [0.05, 0.1) is 50.9 Å². The number of aliphatic hydroxyl groups is 1. The normalized spacial score (nSPS) is 12.9. The van der Waals surface area contributed by atoms with Crippen molar-refractivity contribution < 1.29 is 33.7 Å². The number of amides is 2. The number of esters is 1. The zero-order valence-corrected chi connectivity index (χ0v) is 24.2. The standard InChI is InChI=1S/C33H44N2O7/c1-3-11-28(22-31(37)34-17-19-40-20-18-36)32(38)35-30(24-41-23-27-15-9-6-10-16-27)25-42-33(39)29(12-4-2)21-26-13-7-5-8-14-26/h3-10,13-16,28-30,36H,1-2,11-12,17-25H2,(H,34,37)(H,35,38)/t28-,29+,30+/m1/s1. The van der Waals surface area contributed by atoms with E-state index in [4.69, 9.17) is 19.3 Å². The summed E-state index contributed by atoms with van der Waals surface area (Å²) in [6, 6.07) is 18.7. The SMILES string of the molecule is C=CC[C@H](CC(=O)NCCOCCO)C(=O)N[C@@H](COCc1ccccc1)COC(=O)[C@@H](CC=C)Cc1ccccc1. The molecular formula is C33H44N2O7. The fourth-order valence-electron chi connectivity index (χ4n) is 4.22. The number of carbonyl (C=O) groups excluding carboxylic acids is 3. The van der Waals surface area contributed by atoms with E-state index >= 15 is 0 Å². The molecule has 0 aliphatic rings. The minimum Gasteiger partial charge on any atom is -0.463 e. The highest BCUT2D eigenvalue weighted by Gasteiger charge is 2.26. The van der Waals surface area contributed by atoms with Gasteiger partial charge in [-0.2, -0.15) is 0 Å². The molecule has 42 heavy (non-hydrogen) atoms. The zero-order chi connectivity index (χ0) is 30.4. The highest BCUT2D eigenvalue weighted by atomic mass is 16.5. The average molecular weight is 581 g/mol. The first kappa shape index (κ1) is 34.4. The summed E-state index contributed by atoms with van der Waals surface area (Å²) in [6.45, 7) is 8.46. The van der Waals surface area contributed by atoms with Gasteiger partial charge in [-0.3, -0.25) is 14.4 Å². The molecule has 0 unspecified atom stereocenters. The lowest BCUT2D eigenvalue weighted by Crippen LogP contribution is -2.46. The van der Waals surface area contributed by atoms with Crippen molar-refractivity contribution in [2.45, 2.75) is 38.3 Å². The maximum atomic E-state index is 13.2. The van der Waals surface area contributed by atoms with Gasteiger partial charge in [0.1, 0.15) is 6.61 Å². The summed E-state index contributed by atoms with van der Waals surface area (Å²) in [7, 11) is 0. The highest BCUT2D eigenvalue weighted by molar-refractivity contribution is 5.86. The van der Waals surface area contributed by atoms with E-state index in [0.717, 1.165) is 11.1 Å². The van der Waals surface area contributed by atoms with E-state index in [0.29, 0.717) is 19.4 Å². The minimum absolute atomic E-state index is 0.0479. The topological polar surface area (TPSA) is 123 Å². The molecule has 9 nitrogen and oxygen atoms in total. The van der Waals surface area contributed by atoms with Gasteiger partial charge in [-0.15, -0.1) is 13.2 Å². The second-order valence-corrected chi connectivity index (χ2v) is 9.86. The second-order valence-electron chi connectivity index (χ2n) is 9.86. The maximum absolute atomic E-state index is 13.2. The zero-order valence-electron chi connectivity index (χ0n) is 24.2. The first-order valence-electron chi connectivity index (χ1n) is 14.3. The number of allylic oxidation sites excluding steroid dienone is 2. The first-order chi connectivity index (χ1) is 20.5. The number of rotatable bonds is 22. The van der Waals surface area contributed by atoms with E-state index in [1.54, 1.807) is 12.2 Å². The van der Waals surface area contributed by atoms with Crippen molar-refractivity contribution >= 4 is 17.8 Å². The number of hydrogen-bond donors (Lipinski definition) is 3. The van der Waals surface area contributed by atoms with Crippen LogP contribution in [0.5, 0.6) is 0 Å². The molecule has 3 atom stereocenters. The van der Waals surface area contributed by atoms with E-state index in [2.05, 4.69) is 23.8 Å². The van der Waals surface area contributed by atoms with Gasteiger partial charge in [0, 0.05) is 13.0 Å². The lowest BCUT2D eigenvalue weighted by molar-refractivity contribution is -0.150. The van der Waals surface area contributed by atoms with Crippen LogP contribution in [0.15, 0.2) is 86.0 Å². The molecule has 0 radical (unpaired) electrons. The van der Waals surface area contributed by atoms with Crippen LogP contribution in [-0.4, -0.2) is 68.5 Å². The number of hydrogen-bond acceptors (Lipinski definition) is 7. The van der Waals surface area contributed by atoms with E-state index < -0.39 is 17.9 Å². The Bertz CT molecular complexity index is 1080. The van der Waals surface area contributed by atoms with Crippen LogP contribution in [0.25, 0.3) is 0 Å². The monoisotopic (exact) mass is 580 g/mol. The van der Waals surface area contributed by atoms with Crippen molar-refractivity contribution in [1.82, 2.24) is 10.6 Å². The molecule has 228 valence electrons. The summed E-state index contributed by atoms with van der Waals surface area (Å²) in [4.78, 5) is 38.8. The van der Waals surface area contributed by atoms with E-state index in [1.807, 2.05) is 60.7 Å². The maximum Gasteiger partial charge on any atom is 0.309 e. The van der Waals surface area contributed by atoms with Crippen molar-refractivity contribution in [3.05, 3.63) is 97.1 Å². The molecule has 2 aromatic carbocycles.